The quantitative estimate of drug-likeness (QED) is 0.892. The van der Waals surface area contributed by atoms with Crippen LogP contribution in [0.4, 0.5) is 4.39 Å². The lowest BCUT2D eigenvalue weighted by atomic mass is 10.1. The van der Waals surface area contributed by atoms with E-state index in [4.69, 9.17) is 0 Å². The molecule has 23 heavy (non-hydrogen) atoms. The highest BCUT2D eigenvalue weighted by molar-refractivity contribution is 5.85. The molecule has 0 aromatic heterocycles. The number of halogens is 2. The maximum atomic E-state index is 13.1. The van der Waals surface area contributed by atoms with Gasteiger partial charge < -0.3 is 10.2 Å². The molecule has 1 unspecified atom stereocenters. The Hall–Kier alpha value is -1.17. The first kappa shape index (κ1) is 19.9. The lowest BCUT2D eigenvalue weighted by Crippen LogP contribution is -2.53. The van der Waals surface area contributed by atoms with Crippen molar-refractivity contribution in [2.24, 2.45) is 0 Å². The Morgan fingerprint density at radius 1 is 1.43 bits per heavy atom. The minimum absolute atomic E-state index is 0. The number of benzene rings is 1. The first-order chi connectivity index (χ1) is 10.5. The van der Waals surface area contributed by atoms with Crippen molar-refractivity contribution in [2.45, 2.75) is 32.9 Å². The highest BCUT2D eigenvalue weighted by atomic mass is 35.5. The Morgan fingerprint density at radius 3 is 2.65 bits per heavy atom. The molecule has 6 heteroatoms. The number of nitrogens with zero attached hydrogens (tertiary/aromatic N) is 2. The van der Waals surface area contributed by atoms with Crippen molar-refractivity contribution in [3.63, 3.8) is 0 Å². The van der Waals surface area contributed by atoms with Gasteiger partial charge in [-0.15, -0.1) is 12.4 Å². The van der Waals surface area contributed by atoms with Crippen LogP contribution in [0.5, 0.6) is 0 Å². The van der Waals surface area contributed by atoms with Crippen molar-refractivity contribution < 1.29 is 9.18 Å². The van der Waals surface area contributed by atoms with Crippen LogP contribution in [0.1, 0.15) is 32.4 Å². The fourth-order valence-electron chi connectivity index (χ4n) is 2.97. The summed E-state index contributed by atoms with van der Waals surface area (Å²) in [4.78, 5) is 16.7. The zero-order valence-electron chi connectivity index (χ0n) is 14.1. The molecule has 1 saturated heterocycles. The summed E-state index contributed by atoms with van der Waals surface area (Å²) in [7, 11) is 0. The van der Waals surface area contributed by atoms with Crippen molar-refractivity contribution >= 4 is 18.3 Å². The zero-order valence-corrected chi connectivity index (χ0v) is 14.9. The van der Waals surface area contributed by atoms with Gasteiger partial charge in [0.05, 0.1) is 12.6 Å². The molecule has 1 fully saturated rings. The van der Waals surface area contributed by atoms with E-state index >= 15 is 0 Å². The number of hydrogen-bond acceptors (Lipinski definition) is 3. The minimum Gasteiger partial charge on any atom is -0.335 e. The van der Waals surface area contributed by atoms with Gasteiger partial charge in [-0.3, -0.25) is 9.69 Å². The van der Waals surface area contributed by atoms with Gasteiger partial charge in [-0.1, -0.05) is 12.1 Å². The molecular formula is C17H27ClFN3O. The molecule has 1 aromatic rings. The van der Waals surface area contributed by atoms with E-state index in [1.165, 1.54) is 12.1 Å². The Labute approximate surface area is 144 Å². The number of amides is 1. The Bertz CT molecular complexity index is 497. The largest absolute Gasteiger partial charge is 0.335 e. The smallest absolute Gasteiger partial charge is 0.237 e. The standard InChI is InChI=1S/C17H26FN3O.ClH/c1-4-21(14(3)15-5-7-16(18)8-6-15)17(22)12-20-10-9-19-11-13(20)2;/h5-8,13-14,19H,4,9-12H2,1-3H3;1H/t13-,14?;/m1./s1. The van der Waals surface area contributed by atoms with Crippen LogP contribution in [0.3, 0.4) is 0 Å². The third-order valence-electron chi connectivity index (χ3n) is 4.46. The number of likely N-dealkylation sites (N-methyl/N-ethyl adjacent to an activating group) is 1. The second kappa shape index (κ2) is 9.21. The molecule has 4 nitrogen and oxygen atoms in total. The normalized spacial score (nSPS) is 19.7. The monoisotopic (exact) mass is 343 g/mol. The van der Waals surface area contributed by atoms with Crippen molar-refractivity contribution in [1.82, 2.24) is 15.1 Å². The van der Waals surface area contributed by atoms with Gasteiger partial charge in [0, 0.05) is 32.2 Å². The Morgan fingerprint density at radius 2 is 2.09 bits per heavy atom. The maximum absolute atomic E-state index is 13.1. The molecule has 1 aliphatic heterocycles. The number of rotatable bonds is 5. The summed E-state index contributed by atoms with van der Waals surface area (Å²) >= 11 is 0. The van der Waals surface area contributed by atoms with Crippen molar-refractivity contribution in [3.05, 3.63) is 35.6 Å². The molecular weight excluding hydrogens is 317 g/mol. The topological polar surface area (TPSA) is 35.6 Å². The van der Waals surface area contributed by atoms with Crippen LogP contribution in [0, 0.1) is 5.82 Å². The van der Waals surface area contributed by atoms with Gasteiger partial charge in [0.25, 0.3) is 0 Å². The van der Waals surface area contributed by atoms with Crippen LogP contribution in [-0.2, 0) is 4.79 Å². The minimum atomic E-state index is -0.250. The van der Waals surface area contributed by atoms with E-state index in [0.717, 1.165) is 25.2 Å². The lowest BCUT2D eigenvalue weighted by molar-refractivity contribution is -0.135. The number of hydrogen-bond donors (Lipinski definition) is 1. The summed E-state index contributed by atoms with van der Waals surface area (Å²) in [6.45, 7) is 9.97. The molecule has 0 aliphatic carbocycles. The molecule has 1 N–H and O–H groups in total. The second-order valence-corrected chi connectivity index (χ2v) is 5.93. The molecule has 0 radical (unpaired) electrons. The van der Waals surface area contributed by atoms with Gasteiger partial charge in [0.2, 0.25) is 5.91 Å². The number of carbonyl (C=O) groups is 1. The van der Waals surface area contributed by atoms with Crippen LogP contribution in [0.25, 0.3) is 0 Å². The van der Waals surface area contributed by atoms with Gasteiger partial charge in [-0.05, 0) is 38.5 Å². The van der Waals surface area contributed by atoms with E-state index in [0.29, 0.717) is 19.1 Å². The highest BCUT2D eigenvalue weighted by Crippen LogP contribution is 2.21. The summed E-state index contributed by atoms with van der Waals surface area (Å²) in [5.74, 6) is -0.118. The first-order valence-electron chi connectivity index (χ1n) is 8.02. The van der Waals surface area contributed by atoms with Crippen molar-refractivity contribution in [2.75, 3.05) is 32.7 Å². The molecule has 1 amide bonds. The Balaban J connectivity index is 0.00000264. The zero-order chi connectivity index (χ0) is 16.1. The van der Waals surface area contributed by atoms with Crippen LogP contribution in [0.15, 0.2) is 24.3 Å². The van der Waals surface area contributed by atoms with Gasteiger partial charge in [-0.25, -0.2) is 4.39 Å². The van der Waals surface area contributed by atoms with Crippen molar-refractivity contribution in [1.29, 1.82) is 0 Å². The van der Waals surface area contributed by atoms with E-state index in [9.17, 15) is 9.18 Å². The van der Waals surface area contributed by atoms with E-state index < -0.39 is 0 Å². The summed E-state index contributed by atoms with van der Waals surface area (Å²) in [6, 6.07) is 6.73. The van der Waals surface area contributed by atoms with E-state index in [-0.39, 0.29) is 30.2 Å². The average Bonchev–Trinajstić information content (AvgIpc) is 2.51. The molecule has 1 aromatic carbocycles. The van der Waals surface area contributed by atoms with Gasteiger partial charge in [0.1, 0.15) is 5.82 Å². The van der Waals surface area contributed by atoms with Gasteiger partial charge in [-0.2, -0.15) is 0 Å². The number of piperazine rings is 1. The van der Waals surface area contributed by atoms with Crippen LogP contribution in [-0.4, -0.2) is 54.5 Å². The van der Waals surface area contributed by atoms with E-state index in [1.807, 2.05) is 18.7 Å². The van der Waals surface area contributed by atoms with Crippen LogP contribution >= 0.6 is 12.4 Å². The second-order valence-electron chi connectivity index (χ2n) is 5.93. The molecule has 0 bridgehead atoms. The Kier molecular flexibility index (Phi) is 7.95. The van der Waals surface area contributed by atoms with Crippen LogP contribution < -0.4 is 5.32 Å². The predicted molar refractivity (Wildman–Crippen MR) is 93.4 cm³/mol. The molecule has 130 valence electrons. The maximum Gasteiger partial charge on any atom is 0.237 e. The first-order valence-corrected chi connectivity index (χ1v) is 8.02. The van der Waals surface area contributed by atoms with Crippen LogP contribution in [0.2, 0.25) is 0 Å². The van der Waals surface area contributed by atoms with E-state index in [1.54, 1.807) is 12.1 Å². The van der Waals surface area contributed by atoms with Gasteiger partial charge in [0.15, 0.2) is 0 Å². The molecule has 1 heterocycles. The highest BCUT2D eigenvalue weighted by Gasteiger charge is 2.25. The SMILES string of the molecule is CCN(C(=O)CN1CCNC[C@H]1C)C(C)c1ccc(F)cc1.Cl. The fourth-order valence-corrected chi connectivity index (χ4v) is 2.97. The van der Waals surface area contributed by atoms with E-state index in [2.05, 4.69) is 17.1 Å². The summed E-state index contributed by atoms with van der Waals surface area (Å²) in [5, 5.41) is 3.33. The molecule has 1 aliphatic rings. The summed E-state index contributed by atoms with van der Waals surface area (Å²) < 4.78 is 13.1. The summed E-state index contributed by atoms with van der Waals surface area (Å²) in [5.41, 5.74) is 0.963. The molecule has 0 saturated carbocycles. The third-order valence-corrected chi connectivity index (χ3v) is 4.46. The average molecular weight is 344 g/mol. The fraction of sp³-hybridized carbons (Fsp3) is 0.588. The predicted octanol–water partition coefficient (Wildman–Crippen LogP) is 2.45. The third kappa shape index (κ3) is 5.16. The van der Waals surface area contributed by atoms with Gasteiger partial charge >= 0.3 is 0 Å². The molecule has 2 atom stereocenters. The molecule has 2 rings (SSSR count). The van der Waals surface area contributed by atoms with Crippen molar-refractivity contribution in [3.8, 4) is 0 Å². The summed E-state index contributed by atoms with van der Waals surface area (Å²) in [6.07, 6.45) is 0. The number of carbonyl (C=O) groups excluding carboxylic acids is 1. The molecule has 0 spiro atoms. The number of nitrogens with one attached hydrogen (secondary N) is 1. The lowest BCUT2D eigenvalue weighted by Gasteiger charge is -2.36.